The van der Waals surface area contributed by atoms with Crippen LogP contribution in [0.2, 0.25) is 0 Å². The van der Waals surface area contributed by atoms with Crippen LogP contribution in [0.4, 0.5) is 0 Å². The predicted octanol–water partition coefficient (Wildman–Crippen LogP) is 0.781. The summed E-state index contributed by atoms with van der Waals surface area (Å²) in [6, 6.07) is 0.485. The van der Waals surface area contributed by atoms with Crippen molar-refractivity contribution in [2.45, 2.75) is 57.0 Å². The van der Waals surface area contributed by atoms with Gasteiger partial charge in [0.2, 0.25) is 5.91 Å². The number of nitrogens with two attached hydrogens (primary N) is 1. The molecule has 2 rings (SSSR count). The summed E-state index contributed by atoms with van der Waals surface area (Å²) < 4.78 is 0. The maximum atomic E-state index is 12.1. The van der Waals surface area contributed by atoms with Crippen LogP contribution in [0.1, 0.15) is 44.9 Å². The number of nitrogens with one attached hydrogen (secondary N) is 1. The van der Waals surface area contributed by atoms with Crippen molar-refractivity contribution in [3.05, 3.63) is 0 Å². The molecule has 0 saturated heterocycles. The van der Waals surface area contributed by atoms with E-state index in [2.05, 4.69) is 5.32 Å². The van der Waals surface area contributed by atoms with E-state index in [1.807, 2.05) is 0 Å². The molecule has 2 aliphatic carbocycles. The van der Waals surface area contributed by atoms with E-state index in [1.54, 1.807) is 0 Å². The van der Waals surface area contributed by atoms with Gasteiger partial charge in [0.25, 0.3) is 0 Å². The summed E-state index contributed by atoms with van der Waals surface area (Å²) >= 11 is 0. The lowest BCUT2D eigenvalue weighted by Crippen LogP contribution is -2.43. The molecule has 0 heterocycles. The zero-order valence-electron chi connectivity index (χ0n) is 10.4. The first kappa shape index (κ1) is 12.8. The van der Waals surface area contributed by atoms with Gasteiger partial charge in [0.1, 0.15) is 0 Å². The summed E-state index contributed by atoms with van der Waals surface area (Å²) in [5.74, 6) is 0.599. The molecule has 0 aromatic heterocycles. The van der Waals surface area contributed by atoms with Crippen molar-refractivity contribution in [1.82, 2.24) is 5.32 Å². The third-order valence-corrected chi connectivity index (χ3v) is 4.36. The molecule has 0 aromatic rings. The van der Waals surface area contributed by atoms with Gasteiger partial charge in [-0.05, 0) is 38.5 Å². The second-order valence-corrected chi connectivity index (χ2v) is 5.60. The van der Waals surface area contributed by atoms with E-state index in [9.17, 15) is 9.90 Å². The number of hydrogen-bond acceptors (Lipinski definition) is 3. The lowest BCUT2D eigenvalue weighted by atomic mass is 9.85. The Morgan fingerprint density at radius 1 is 1.18 bits per heavy atom. The molecule has 0 bridgehead atoms. The zero-order valence-corrected chi connectivity index (χ0v) is 10.4. The number of rotatable bonds is 3. The SMILES string of the molecule is NC1CCC(C(=O)NC2CCCC2CO)CC1. The number of carbonyl (C=O) groups excluding carboxylic acids is 1. The first-order valence-electron chi connectivity index (χ1n) is 6.87. The Morgan fingerprint density at radius 3 is 2.53 bits per heavy atom. The van der Waals surface area contributed by atoms with Crippen molar-refractivity contribution in [1.29, 1.82) is 0 Å². The largest absolute Gasteiger partial charge is 0.396 e. The predicted molar refractivity (Wildman–Crippen MR) is 66.3 cm³/mol. The van der Waals surface area contributed by atoms with Gasteiger partial charge in [-0.15, -0.1) is 0 Å². The molecule has 2 aliphatic rings. The molecule has 4 heteroatoms. The van der Waals surface area contributed by atoms with Crippen LogP contribution in [0, 0.1) is 11.8 Å². The Labute approximate surface area is 103 Å². The minimum absolute atomic E-state index is 0.148. The van der Waals surface area contributed by atoms with Crippen molar-refractivity contribution < 1.29 is 9.90 Å². The zero-order chi connectivity index (χ0) is 12.3. The van der Waals surface area contributed by atoms with Gasteiger partial charge in [-0.2, -0.15) is 0 Å². The van der Waals surface area contributed by atoms with Crippen molar-refractivity contribution in [3.8, 4) is 0 Å². The highest BCUT2D eigenvalue weighted by molar-refractivity contribution is 5.79. The molecule has 0 aliphatic heterocycles. The standard InChI is InChI=1S/C13H24N2O2/c14-11-6-4-9(5-7-11)13(17)15-12-3-1-2-10(12)8-16/h9-12,16H,1-8,14H2,(H,15,17). The molecule has 98 valence electrons. The molecule has 4 N–H and O–H groups in total. The quantitative estimate of drug-likeness (QED) is 0.682. The fourth-order valence-corrected chi connectivity index (χ4v) is 3.13. The summed E-state index contributed by atoms with van der Waals surface area (Å²) in [4.78, 5) is 12.1. The Hall–Kier alpha value is -0.610. The van der Waals surface area contributed by atoms with Crippen LogP contribution in [-0.2, 0) is 4.79 Å². The van der Waals surface area contributed by atoms with E-state index < -0.39 is 0 Å². The molecule has 0 aromatic carbocycles. The van der Waals surface area contributed by atoms with Crippen molar-refractivity contribution in [2.24, 2.45) is 17.6 Å². The summed E-state index contributed by atoms with van der Waals surface area (Å²) in [5, 5.41) is 12.4. The number of hydrogen-bond donors (Lipinski definition) is 3. The van der Waals surface area contributed by atoms with Crippen LogP contribution in [0.25, 0.3) is 0 Å². The molecule has 2 saturated carbocycles. The number of aliphatic hydroxyl groups is 1. The average Bonchev–Trinajstić information content (AvgIpc) is 2.77. The number of amides is 1. The molecule has 2 atom stereocenters. The van der Waals surface area contributed by atoms with E-state index in [0.717, 1.165) is 44.9 Å². The van der Waals surface area contributed by atoms with Gasteiger partial charge in [0, 0.05) is 30.5 Å². The molecule has 2 fully saturated rings. The van der Waals surface area contributed by atoms with Crippen LogP contribution in [0.15, 0.2) is 0 Å². The second-order valence-electron chi connectivity index (χ2n) is 5.60. The summed E-state index contributed by atoms with van der Waals surface area (Å²) in [7, 11) is 0. The number of carbonyl (C=O) groups is 1. The van der Waals surface area contributed by atoms with Gasteiger partial charge < -0.3 is 16.2 Å². The molecule has 1 amide bonds. The minimum atomic E-state index is 0.148. The maximum absolute atomic E-state index is 12.1. The normalized spacial score (nSPS) is 38.0. The third-order valence-electron chi connectivity index (χ3n) is 4.36. The van der Waals surface area contributed by atoms with Gasteiger partial charge in [0.05, 0.1) is 0 Å². The molecule has 4 nitrogen and oxygen atoms in total. The first-order valence-corrected chi connectivity index (χ1v) is 6.87. The van der Waals surface area contributed by atoms with Gasteiger partial charge in [-0.3, -0.25) is 4.79 Å². The lowest BCUT2D eigenvalue weighted by molar-refractivity contribution is -0.127. The first-order chi connectivity index (χ1) is 8.20. The molecular weight excluding hydrogens is 216 g/mol. The van der Waals surface area contributed by atoms with Crippen LogP contribution in [-0.4, -0.2) is 29.7 Å². The minimum Gasteiger partial charge on any atom is -0.396 e. The van der Waals surface area contributed by atoms with Crippen LogP contribution < -0.4 is 11.1 Å². The summed E-state index contributed by atoms with van der Waals surface area (Å²) in [6.07, 6.45) is 6.94. The van der Waals surface area contributed by atoms with E-state index in [1.165, 1.54) is 0 Å². The van der Waals surface area contributed by atoms with E-state index in [4.69, 9.17) is 5.73 Å². The second kappa shape index (κ2) is 5.83. The van der Waals surface area contributed by atoms with Gasteiger partial charge in [-0.25, -0.2) is 0 Å². The monoisotopic (exact) mass is 240 g/mol. The smallest absolute Gasteiger partial charge is 0.223 e. The van der Waals surface area contributed by atoms with E-state index in [0.29, 0.717) is 0 Å². The Bertz CT molecular complexity index is 262. The Balaban J connectivity index is 1.80. The fraction of sp³-hybridized carbons (Fsp3) is 0.923. The Morgan fingerprint density at radius 2 is 1.88 bits per heavy atom. The lowest BCUT2D eigenvalue weighted by Gasteiger charge is -2.27. The highest BCUT2D eigenvalue weighted by atomic mass is 16.3. The highest BCUT2D eigenvalue weighted by Gasteiger charge is 2.31. The average molecular weight is 240 g/mol. The van der Waals surface area contributed by atoms with Gasteiger partial charge in [0.15, 0.2) is 0 Å². The van der Waals surface area contributed by atoms with Crippen molar-refractivity contribution >= 4 is 5.91 Å². The van der Waals surface area contributed by atoms with E-state index >= 15 is 0 Å². The van der Waals surface area contributed by atoms with Crippen LogP contribution >= 0.6 is 0 Å². The van der Waals surface area contributed by atoms with Gasteiger partial charge in [-0.1, -0.05) is 6.42 Å². The molecule has 17 heavy (non-hydrogen) atoms. The maximum Gasteiger partial charge on any atom is 0.223 e. The molecule has 0 radical (unpaired) electrons. The van der Waals surface area contributed by atoms with E-state index in [-0.39, 0.29) is 36.4 Å². The molecular formula is C13H24N2O2. The number of aliphatic hydroxyl groups excluding tert-OH is 1. The van der Waals surface area contributed by atoms with Crippen molar-refractivity contribution in [2.75, 3.05) is 6.61 Å². The molecule has 2 unspecified atom stereocenters. The summed E-state index contributed by atoms with van der Waals surface area (Å²) in [6.45, 7) is 0.195. The van der Waals surface area contributed by atoms with Crippen molar-refractivity contribution in [3.63, 3.8) is 0 Å². The van der Waals surface area contributed by atoms with Crippen LogP contribution in [0.5, 0.6) is 0 Å². The topological polar surface area (TPSA) is 75.4 Å². The van der Waals surface area contributed by atoms with Gasteiger partial charge >= 0.3 is 0 Å². The molecule has 0 spiro atoms. The highest BCUT2D eigenvalue weighted by Crippen LogP contribution is 2.27. The fourth-order valence-electron chi connectivity index (χ4n) is 3.13. The third kappa shape index (κ3) is 3.19. The summed E-state index contributed by atoms with van der Waals surface area (Å²) in [5.41, 5.74) is 5.84. The van der Waals surface area contributed by atoms with Crippen LogP contribution in [0.3, 0.4) is 0 Å². The Kier molecular flexibility index (Phi) is 4.40.